The van der Waals surface area contributed by atoms with E-state index < -0.39 is 10.0 Å². The van der Waals surface area contributed by atoms with Crippen LogP contribution in [-0.4, -0.2) is 32.0 Å². The lowest BCUT2D eigenvalue weighted by Crippen LogP contribution is -2.36. The Labute approximate surface area is 154 Å². The predicted octanol–water partition coefficient (Wildman–Crippen LogP) is 4.24. The van der Waals surface area contributed by atoms with Crippen LogP contribution in [0.25, 0.3) is 0 Å². The van der Waals surface area contributed by atoms with Crippen molar-refractivity contribution < 1.29 is 13.2 Å². The molecule has 1 aliphatic heterocycles. The van der Waals surface area contributed by atoms with Crippen LogP contribution < -0.4 is 0 Å². The van der Waals surface area contributed by atoms with Crippen molar-refractivity contribution in [1.29, 1.82) is 0 Å². The van der Waals surface area contributed by atoms with Gasteiger partial charge in [0.2, 0.25) is 10.0 Å². The van der Waals surface area contributed by atoms with Crippen LogP contribution in [-0.2, 0) is 21.3 Å². The van der Waals surface area contributed by atoms with E-state index in [0.29, 0.717) is 23.9 Å². The van der Waals surface area contributed by atoms with Crippen molar-refractivity contribution in [1.82, 2.24) is 4.31 Å². The standard InChI is InChI=1S/C19H25NO3S2/c1-15(2)16-7-9-19(10-8-16)25(21,22)20(13-17-5-3-11-23-17)14-18-6-4-12-24-18/h4,6-10,12,15,17H,3,5,11,13-14H2,1-2H3. The Morgan fingerprint density at radius 3 is 2.56 bits per heavy atom. The molecule has 1 aliphatic rings. The summed E-state index contributed by atoms with van der Waals surface area (Å²) in [5.74, 6) is 0.380. The number of nitrogens with zero attached hydrogens (tertiary/aromatic N) is 1. The predicted molar refractivity (Wildman–Crippen MR) is 101 cm³/mol. The Morgan fingerprint density at radius 2 is 2.00 bits per heavy atom. The average molecular weight is 380 g/mol. The summed E-state index contributed by atoms with van der Waals surface area (Å²) < 4.78 is 33.7. The molecule has 6 heteroatoms. The Morgan fingerprint density at radius 1 is 1.24 bits per heavy atom. The maximum atomic E-state index is 13.2. The van der Waals surface area contributed by atoms with Crippen LogP contribution in [0, 0.1) is 0 Å². The van der Waals surface area contributed by atoms with Gasteiger partial charge >= 0.3 is 0 Å². The van der Waals surface area contributed by atoms with E-state index in [1.54, 1.807) is 27.8 Å². The summed E-state index contributed by atoms with van der Waals surface area (Å²) in [6.45, 7) is 5.73. The van der Waals surface area contributed by atoms with Gasteiger partial charge in [-0.15, -0.1) is 11.3 Å². The van der Waals surface area contributed by atoms with Gasteiger partial charge in [-0.25, -0.2) is 8.42 Å². The number of ether oxygens (including phenoxy) is 1. The van der Waals surface area contributed by atoms with Crippen LogP contribution in [0.4, 0.5) is 0 Å². The molecule has 1 aromatic heterocycles. The molecule has 0 amide bonds. The van der Waals surface area contributed by atoms with Gasteiger partial charge in [0.05, 0.1) is 11.0 Å². The number of hydrogen-bond acceptors (Lipinski definition) is 4. The van der Waals surface area contributed by atoms with E-state index in [2.05, 4.69) is 13.8 Å². The summed E-state index contributed by atoms with van der Waals surface area (Å²) in [7, 11) is -3.55. The van der Waals surface area contributed by atoms with Gasteiger partial charge in [-0.3, -0.25) is 0 Å². The number of sulfonamides is 1. The van der Waals surface area contributed by atoms with E-state index in [-0.39, 0.29) is 6.10 Å². The first kappa shape index (κ1) is 18.6. The lowest BCUT2D eigenvalue weighted by molar-refractivity contribution is 0.0927. The first-order valence-electron chi connectivity index (χ1n) is 8.71. The van der Waals surface area contributed by atoms with E-state index in [4.69, 9.17) is 4.74 Å². The second kappa shape index (κ2) is 7.99. The topological polar surface area (TPSA) is 46.6 Å². The molecule has 1 aromatic carbocycles. The molecule has 0 aliphatic carbocycles. The van der Waals surface area contributed by atoms with Crippen molar-refractivity contribution in [2.75, 3.05) is 13.2 Å². The summed E-state index contributed by atoms with van der Waals surface area (Å²) in [5.41, 5.74) is 1.14. The number of rotatable bonds is 7. The monoisotopic (exact) mass is 379 g/mol. The van der Waals surface area contributed by atoms with Crippen molar-refractivity contribution in [3.05, 3.63) is 52.2 Å². The smallest absolute Gasteiger partial charge is 0.243 e. The zero-order valence-electron chi connectivity index (χ0n) is 14.7. The number of hydrogen-bond donors (Lipinski definition) is 0. The highest BCUT2D eigenvalue weighted by molar-refractivity contribution is 7.89. The summed E-state index contributed by atoms with van der Waals surface area (Å²) in [4.78, 5) is 1.40. The molecule has 0 spiro atoms. The minimum atomic E-state index is -3.55. The molecule has 0 saturated carbocycles. The van der Waals surface area contributed by atoms with E-state index in [9.17, 15) is 8.42 Å². The van der Waals surface area contributed by atoms with Crippen LogP contribution in [0.5, 0.6) is 0 Å². The lowest BCUT2D eigenvalue weighted by Gasteiger charge is -2.24. The molecule has 136 valence electrons. The zero-order valence-corrected chi connectivity index (χ0v) is 16.4. The quantitative estimate of drug-likeness (QED) is 0.723. The van der Waals surface area contributed by atoms with Gasteiger partial charge in [0, 0.05) is 24.6 Å². The van der Waals surface area contributed by atoms with Crippen molar-refractivity contribution in [2.24, 2.45) is 0 Å². The Kier molecular flexibility index (Phi) is 5.94. The first-order valence-corrected chi connectivity index (χ1v) is 11.0. The van der Waals surface area contributed by atoms with Gasteiger partial charge < -0.3 is 4.74 Å². The molecule has 1 fully saturated rings. The molecule has 1 saturated heterocycles. The molecule has 2 aromatic rings. The SMILES string of the molecule is CC(C)c1ccc(S(=O)(=O)N(Cc2cccs2)CC2CCCO2)cc1. The number of thiophene rings is 1. The maximum Gasteiger partial charge on any atom is 0.243 e. The second-order valence-corrected chi connectivity index (χ2v) is 9.71. The fourth-order valence-corrected chi connectivity index (χ4v) is 5.26. The van der Waals surface area contributed by atoms with Crippen LogP contribution in [0.3, 0.4) is 0 Å². The fourth-order valence-electron chi connectivity index (χ4n) is 3.01. The molecule has 4 nitrogen and oxygen atoms in total. The van der Waals surface area contributed by atoms with Crippen LogP contribution in [0.2, 0.25) is 0 Å². The molecular formula is C19H25NO3S2. The molecule has 0 bridgehead atoms. The van der Waals surface area contributed by atoms with Crippen molar-refractivity contribution in [3.8, 4) is 0 Å². The van der Waals surface area contributed by atoms with Crippen molar-refractivity contribution in [2.45, 2.75) is 50.2 Å². The summed E-state index contributed by atoms with van der Waals surface area (Å²) in [6, 6.07) is 11.2. The zero-order chi connectivity index (χ0) is 17.9. The van der Waals surface area contributed by atoms with Gasteiger partial charge in [-0.2, -0.15) is 4.31 Å². The largest absolute Gasteiger partial charge is 0.377 e. The van der Waals surface area contributed by atoms with Crippen molar-refractivity contribution in [3.63, 3.8) is 0 Å². The van der Waals surface area contributed by atoms with E-state index in [0.717, 1.165) is 29.9 Å². The minimum Gasteiger partial charge on any atom is -0.377 e. The molecule has 0 N–H and O–H groups in total. The highest BCUT2D eigenvalue weighted by Crippen LogP contribution is 2.25. The highest BCUT2D eigenvalue weighted by atomic mass is 32.2. The van der Waals surface area contributed by atoms with Gasteiger partial charge in [0.25, 0.3) is 0 Å². The molecule has 25 heavy (non-hydrogen) atoms. The molecule has 3 rings (SSSR count). The third-order valence-corrected chi connectivity index (χ3v) is 7.22. The Balaban J connectivity index is 1.86. The van der Waals surface area contributed by atoms with Gasteiger partial charge in [0.1, 0.15) is 0 Å². The second-order valence-electron chi connectivity index (χ2n) is 6.74. The summed E-state index contributed by atoms with van der Waals surface area (Å²) >= 11 is 1.58. The van der Waals surface area contributed by atoms with E-state index in [1.165, 1.54) is 0 Å². The third-order valence-electron chi connectivity index (χ3n) is 4.53. The highest BCUT2D eigenvalue weighted by Gasteiger charge is 2.29. The molecule has 2 heterocycles. The summed E-state index contributed by atoms with van der Waals surface area (Å²) in [5, 5.41) is 1.98. The lowest BCUT2D eigenvalue weighted by atomic mass is 10.0. The van der Waals surface area contributed by atoms with Gasteiger partial charge in [-0.05, 0) is 47.9 Å². The van der Waals surface area contributed by atoms with Crippen LogP contribution in [0.15, 0.2) is 46.7 Å². The summed E-state index contributed by atoms with van der Waals surface area (Å²) in [6.07, 6.45) is 1.91. The normalized spacial score (nSPS) is 18.3. The molecular weight excluding hydrogens is 354 g/mol. The van der Waals surface area contributed by atoms with Crippen LogP contribution >= 0.6 is 11.3 Å². The maximum absolute atomic E-state index is 13.2. The average Bonchev–Trinajstić information content (AvgIpc) is 3.28. The third kappa shape index (κ3) is 4.50. The fraction of sp³-hybridized carbons (Fsp3) is 0.474. The van der Waals surface area contributed by atoms with Gasteiger partial charge in [-0.1, -0.05) is 32.0 Å². The van der Waals surface area contributed by atoms with Crippen LogP contribution in [0.1, 0.15) is 43.0 Å². The number of benzene rings is 1. The van der Waals surface area contributed by atoms with E-state index in [1.807, 2.05) is 29.6 Å². The van der Waals surface area contributed by atoms with Crippen molar-refractivity contribution >= 4 is 21.4 Å². The molecule has 0 radical (unpaired) electrons. The minimum absolute atomic E-state index is 0.00956. The molecule has 1 unspecified atom stereocenters. The van der Waals surface area contributed by atoms with Gasteiger partial charge in [0.15, 0.2) is 0 Å². The molecule has 1 atom stereocenters. The Hall–Kier alpha value is -1.21. The Bertz CT molecular complexity index is 762. The van der Waals surface area contributed by atoms with E-state index >= 15 is 0 Å². The first-order chi connectivity index (χ1) is 12.0.